The molecule has 0 aromatic rings. The second-order valence-electron chi connectivity index (χ2n) is 3.34. The number of terminal acetylenes is 1. The van der Waals surface area contributed by atoms with Gasteiger partial charge in [-0.3, -0.25) is 4.90 Å². The van der Waals surface area contributed by atoms with Crippen molar-refractivity contribution in [1.82, 2.24) is 4.90 Å². The molecule has 0 atom stereocenters. The molecule has 1 saturated carbocycles. The summed E-state index contributed by atoms with van der Waals surface area (Å²) in [5.74, 6) is 2.64. The molecule has 0 aromatic heterocycles. The van der Waals surface area contributed by atoms with Gasteiger partial charge in [0.2, 0.25) is 0 Å². The molecule has 68 valence electrons. The highest BCUT2D eigenvalue weighted by atomic mass is 16.3. The molecule has 0 aromatic carbocycles. The van der Waals surface area contributed by atoms with Crippen molar-refractivity contribution in [1.29, 1.82) is 0 Å². The van der Waals surface area contributed by atoms with Gasteiger partial charge in [0.25, 0.3) is 0 Å². The Hall–Kier alpha value is -0.520. The summed E-state index contributed by atoms with van der Waals surface area (Å²) in [5.41, 5.74) is 0. The van der Waals surface area contributed by atoms with Gasteiger partial charge in [-0.1, -0.05) is 18.8 Å². The monoisotopic (exact) mass is 167 g/mol. The standard InChI is InChI=1S/C10H17NO/c1-2-7-11(8-9-12)10-5-3-4-6-10/h1,10,12H,3-9H2. The highest BCUT2D eigenvalue weighted by Crippen LogP contribution is 2.22. The quantitative estimate of drug-likeness (QED) is 0.628. The zero-order chi connectivity index (χ0) is 8.81. The molecule has 0 heterocycles. The summed E-state index contributed by atoms with van der Waals surface area (Å²) < 4.78 is 0. The Labute approximate surface area is 74.6 Å². The molecule has 1 aliphatic carbocycles. The highest BCUT2D eigenvalue weighted by Gasteiger charge is 2.20. The summed E-state index contributed by atoms with van der Waals surface area (Å²) in [4.78, 5) is 2.22. The van der Waals surface area contributed by atoms with Crippen LogP contribution in [-0.2, 0) is 0 Å². The maximum atomic E-state index is 8.81. The average Bonchev–Trinajstić information content (AvgIpc) is 2.56. The van der Waals surface area contributed by atoms with Crippen molar-refractivity contribution in [2.75, 3.05) is 19.7 Å². The summed E-state index contributed by atoms with van der Waals surface area (Å²) >= 11 is 0. The first-order valence-electron chi connectivity index (χ1n) is 4.67. The van der Waals surface area contributed by atoms with E-state index in [1.165, 1.54) is 25.7 Å². The van der Waals surface area contributed by atoms with E-state index in [4.69, 9.17) is 11.5 Å². The van der Waals surface area contributed by atoms with Crippen LogP contribution in [0.3, 0.4) is 0 Å². The molecule has 0 bridgehead atoms. The van der Waals surface area contributed by atoms with Crippen molar-refractivity contribution in [3.05, 3.63) is 0 Å². The molecule has 1 rings (SSSR count). The van der Waals surface area contributed by atoms with Crippen LogP contribution < -0.4 is 0 Å². The molecular formula is C10H17NO. The number of rotatable bonds is 4. The van der Waals surface area contributed by atoms with Crippen molar-refractivity contribution in [2.45, 2.75) is 31.7 Å². The van der Waals surface area contributed by atoms with E-state index in [2.05, 4.69) is 10.8 Å². The summed E-state index contributed by atoms with van der Waals surface area (Å²) in [6, 6.07) is 0.633. The number of nitrogens with zero attached hydrogens (tertiary/aromatic N) is 1. The average molecular weight is 167 g/mol. The number of aliphatic hydroxyl groups is 1. The lowest BCUT2D eigenvalue weighted by Gasteiger charge is -2.25. The van der Waals surface area contributed by atoms with Gasteiger partial charge in [0, 0.05) is 12.6 Å². The van der Waals surface area contributed by atoms with Gasteiger partial charge in [-0.05, 0) is 12.8 Å². The van der Waals surface area contributed by atoms with E-state index in [1.54, 1.807) is 0 Å². The maximum Gasteiger partial charge on any atom is 0.0602 e. The molecule has 1 fully saturated rings. The predicted molar refractivity (Wildman–Crippen MR) is 49.7 cm³/mol. The number of hydrogen-bond acceptors (Lipinski definition) is 2. The van der Waals surface area contributed by atoms with Crippen molar-refractivity contribution >= 4 is 0 Å². The largest absolute Gasteiger partial charge is 0.395 e. The molecule has 0 saturated heterocycles. The van der Waals surface area contributed by atoms with Crippen LogP contribution >= 0.6 is 0 Å². The molecular weight excluding hydrogens is 150 g/mol. The summed E-state index contributed by atoms with van der Waals surface area (Å²) in [7, 11) is 0. The zero-order valence-corrected chi connectivity index (χ0v) is 7.50. The Kier molecular flexibility index (Phi) is 4.13. The van der Waals surface area contributed by atoms with Gasteiger partial charge in [-0.15, -0.1) is 6.42 Å². The Balaban J connectivity index is 2.35. The zero-order valence-electron chi connectivity index (χ0n) is 7.50. The van der Waals surface area contributed by atoms with Gasteiger partial charge in [0.05, 0.1) is 13.2 Å². The number of hydrogen-bond donors (Lipinski definition) is 1. The first-order chi connectivity index (χ1) is 5.88. The van der Waals surface area contributed by atoms with E-state index >= 15 is 0 Å². The molecule has 0 radical (unpaired) electrons. The lowest BCUT2D eigenvalue weighted by molar-refractivity contribution is 0.168. The lowest BCUT2D eigenvalue weighted by Crippen LogP contribution is -2.35. The van der Waals surface area contributed by atoms with E-state index in [1.807, 2.05) is 0 Å². The molecule has 0 spiro atoms. The molecule has 2 heteroatoms. The third kappa shape index (κ3) is 2.51. The molecule has 0 unspecified atom stereocenters. The van der Waals surface area contributed by atoms with Crippen LogP contribution in [0.2, 0.25) is 0 Å². The Morgan fingerprint density at radius 1 is 1.42 bits per heavy atom. The number of aliphatic hydroxyl groups excluding tert-OH is 1. The molecule has 2 nitrogen and oxygen atoms in total. The van der Waals surface area contributed by atoms with Crippen LogP contribution in [0.5, 0.6) is 0 Å². The van der Waals surface area contributed by atoms with Crippen LogP contribution in [0, 0.1) is 12.3 Å². The SMILES string of the molecule is C#CCN(CCO)C1CCCC1. The Morgan fingerprint density at radius 2 is 2.08 bits per heavy atom. The summed E-state index contributed by atoms with van der Waals surface area (Å²) in [6.45, 7) is 1.64. The molecule has 12 heavy (non-hydrogen) atoms. The smallest absolute Gasteiger partial charge is 0.0602 e. The van der Waals surface area contributed by atoms with Gasteiger partial charge in [-0.25, -0.2) is 0 Å². The molecule has 1 aliphatic rings. The Morgan fingerprint density at radius 3 is 2.58 bits per heavy atom. The van der Waals surface area contributed by atoms with Crippen LogP contribution in [0.4, 0.5) is 0 Å². The normalized spacial score (nSPS) is 18.4. The van der Waals surface area contributed by atoms with Crippen LogP contribution in [0.15, 0.2) is 0 Å². The van der Waals surface area contributed by atoms with Crippen LogP contribution in [0.1, 0.15) is 25.7 Å². The van der Waals surface area contributed by atoms with E-state index in [9.17, 15) is 0 Å². The first kappa shape index (κ1) is 9.57. The minimum absolute atomic E-state index is 0.220. The van der Waals surface area contributed by atoms with E-state index in [-0.39, 0.29) is 6.61 Å². The minimum Gasteiger partial charge on any atom is -0.395 e. The maximum absolute atomic E-state index is 8.81. The van der Waals surface area contributed by atoms with Crippen molar-refractivity contribution in [3.8, 4) is 12.3 Å². The van der Waals surface area contributed by atoms with Crippen molar-refractivity contribution in [2.24, 2.45) is 0 Å². The van der Waals surface area contributed by atoms with Gasteiger partial charge < -0.3 is 5.11 Å². The summed E-state index contributed by atoms with van der Waals surface area (Å²) in [5, 5.41) is 8.81. The fourth-order valence-electron chi connectivity index (χ4n) is 1.91. The van der Waals surface area contributed by atoms with Gasteiger partial charge in [0.1, 0.15) is 0 Å². The van der Waals surface area contributed by atoms with Gasteiger partial charge in [0.15, 0.2) is 0 Å². The fourth-order valence-corrected chi connectivity index (χ4v) is 1.91. The fraction of sp³-hybridized carbons (Fsp3) is 0.800. The Bertz CT molecular complexity index is 156. The first-order valence-corrected chi connectivity index (χ1v) is 4.67. The van der Waals surface area contributed by atoms with Crippen molar-refractivity contribution < 1.29 is 5.11 Å². The second kappa shape index (κ2) is 5.18. The minimum atomic E-state index is 0.220. The molecule has 1 N–H and O–H groups in total. The van der Waals surface area contributed by atoms with E-state index in [0.717, 1.165) is 6.54 Å². The predicted octanol–water partition coefficient (Wildman–Crippen LogP) is 0.856. The second-order valence-corrected chi connectivity index (χ2v) is 3.34. The molecule has 0 amide bonds. The van der Waals surface area contributed by atoms with Gasteiger partial charge >= 0.3 is 0 Å². The highest BCUT2D eigenvalue weighted by molar-refractivity contribution is 4.91. The molecule has 0 aliphatic heterocycles. The third-order valence-corrected chi connectivity index (χ3v) is 2.52. The van der Waals surface area contributed by atoms with E-state index in [0.29, 0.717) is 12.6 Å². The van der Waals surface area contributed by atoms with Crippen LogP contribution in [-0.4, -0.2) is 35.7 Å². The lowest BCUT2D eigenvalue weighted by atomic mass is 10.2. The third-order valence-electron chi connectivity index (χ3n) is 2.52. The summed E-state index contributed by atoms with van der Waals surface area (Å²) in [6.07, 6.45) is 10.4. The van der Waals surface area contributed by atoms with Crippen molar-refractivity contribution in [3.63, 3.8) is 0 Å². The topological polar surface area (TPSA) is 23.5 Å². The van der Waals surface area contributed by atoms with Crippen LogP contribution in [0.25, 0.3) is 0 Å². The van der Waals surface area contributed by atoms with Gasteiger partial charge in [-0.2, -0.15) is 0 Å². The van der Waals surface area contributed by atoms with E-state index < -0.39 is 0 Å².